The summed E-state index contributed by atoms with van der Waals surface area (Å²) < 4.78 is 0. The average molecular weight is 380 g/mol. The Morgan fingerprint density at radius 3 is 2.33 bits per heavy atom. The zero-order valence-electron chi connectivity index (χ0n) is 15.0. The first-order chi connectivity index (χ1) is 13.0. The van der Waals surface area contributed by atoms with Crippen LogP contribution in [-0.2, 0) is 14.4 Å². The van der Waals surface area contributed by atoms with Crippen molar-refractivity contribution in [2.45, 2.75) is 36.3 Å². The lowest BCUT2D eigenvalue weighted by Gasteiger charge is -2.15. The molecule has 1 saturated heterocycles. The van der Waals surface area contributed by atoms with E-state index in [0.29, 0.717) is 5.69 Å². The van der Waals surface area contributed by atoms with Crippen LogP contribution < -0.4 is 10.2 Å². The van der Waals surface area contributed by atoms with Gasteiger partial charge in [-0.25, -0.2) is 4.90 Å². The van der Waals surface area contributed by atoms with E-state index in [0.717, 1.165) is 29.0 Å². The van der Waals surface area contributed by atoms with E-state index >= 15 is 0 Å². The van der Waals surface area contributed by atoms with E-state index < -0.39 is 5.25 Å². The summed E-state index contributed by atoms with van der Waals surface area (Å²) in [6.07, 6.45) is 2.13. The molecule has 1 saturated carbocycles. The fourth-order valence-corrected chi connectivity index (χ4v) is 4.09. The maximum Gasteiger partial charge on any atom is 0.247 e. The normalized spacial score (nSPS) is 19.4. The van der Waals surface area contributed by atoms with Gasteiger partial charge in [0.2, 0.25) is 17.7 Å². The highest BCUT2D eigenvalue weighted by Crippen LogP contribution is 2.35. The van der Waals surface area contributed by atoms with Crippen LogP contribution in [0.25, 0.3) is 0 Å². The van der Waals surface area contributed by atoms with Gasteiger partial charge in [0, 0.05) is 22.9 Å². The third-order valence-electron chi connectivity index (χ3n) is 4.75. The van der Waals surface area contributed by atoms with Crippen LogP contribution in [0.1, 0.15) is 24.8 Å². The monoisotopic (exact) mass is 380 g/mol. The first-order valence-electron chi connectivity index (χ1n) is 9.02. The molecule has 1 aliphatic heterocycles. The SMILES string of the molecule is Cc1ccc(N2C(=O)C[C@H](Sc3ccc(NC(=O)C4CC4)cc3)C2=O)cc1. The number of amides is 3. The first-order valence-corrected chi connectivity index (χ1v) is 9.90. The molecule has 0 spiro atoms. The number of hydrogen-bond acceptors (Lipinski definition) is 4. The average Bonchev–Trinajstić information content (AvgIpc) is 3.46. The number of nitrogens with one attached hydrogen (secondary N) is 1. The van der Waals surface area contributed by atoms with Crippen molar-refractivity contribution in [2.75, 3.05) is 10.2 Å². The Morgan fingerprint density at radius 1 is 1.04 bits per heavy atom. The molecule has 1 N–H and O–H groups in total. The Bertz CT molecular complexity index is 889. The van der Waals surface area contributed by atoms with Gasteiger partial charge in [0.1, 0.15) is 0 Å². The second-order valence-electron chi connectivity index (χ2n) is 7.00. The van der Waals surface area contributed by atoms with E-state index in [2.05, 4.69) is 5.32 Å². The lowest BCUT2D eigenvalue weighted by atomic mass is 10.2. The molecule has 2 aliphatic rings. The van der Waals surface area contributed by atoms with E-state index in [1.54, 1.807) is 12.1 Å². The predicted octanol–water partition coefficient (Wildman–Crippen LogP) is 3.77. The Balaban J connectivity index is 1.42. The van der Waals surface area contributed by atoms with Crippen LogP contribution in [-0.4, -0.2) is 23.0 Å². The quantitative estimate of drug-likeness (QED) is 0.802. The summed E-state index contributed by atoms with van der Waals surface area (Å²) in [5.74, 6) is -0.121. The van der Waals surface area contributed by atoms with Crippen molar-refractivity contribution in [3.05, 3.63) is 54.1 Å². The highest BCUT2D eigenvalue weighted by Gasteiger charge is 2.40. The van der Waals surface area contributed by atoms with Gasteiger partial charge in [-0.1, -0.05) is 17.7 Å². The highest BCUT2D eigenvalue weighted by atomic mass is 32.2. The Labute approximate surface area is 162 Å². The molecule has 1 heterocycles. The maximum atomic E-state index is 12.7. The number of carbonyl (C=O) groups excluding carboxylic acids is 3. The van der Waals surface area contributed by atoms with E-state index in [1.165, 1.54) is 16.7 Å². The molecule has 4 rings (SSSR count). The lowest BCUT2D eigenvalue weighted by Crippen LogP contribution is -2.31. The number of rotatable bonds is 5. The summed E-state index contributed by atoms with van der Waals surface area (Å²) in [5, 5.41) is 2.47. The first kappa shape index (κ1) is 17.8. The van der Waals surface area contributed by atoms with Gasteiger partial charge in [0.25, 0.3) is 0 Å². The number of nitrogens with zero attached hydrogens (tertiary/aromatic N) is 1. The molecule has 138 valence electrons. The number of benzene rings is 2. The Morgan fingerprint density at radius 2 is 1.70 bits per heavy atom. The summed E-state index contributed by atoms with van der Waals surface area (Å²) in [5.41, 5.74) is 2.46. The third-order valence-corrected chi connectivity index (χ3v) is 5.94. The smallest absolute Gasteiger partial charge is 0.247 e. The number of anilines is 2. The number of carbonyl (C=O) groups is 3. The van der Waals surface area contributed by atoms with Crippen LogP contribution in [0.15, 0.2) is 53.4 Å². The van der Waals surface area contributed by atoms with Crippen LogP contribution in [0.5, 0.6) is 0 Å². The van der Waals surface area contributed by atoms with Crippen molar-refractivity contribution in [3.8, 4) is 0 Å². The number of imide groups is 1. The fraction of sp³-hybridized carbons (Fsp3) is 0.286. The van der Waals surface area contributed by atoms with E-state index in [4.69, 9.17) is 0 Å². The third kappa shape index (κ3) is 3.90. The molecule has 2 aromatic rings. The number of thioether (sulfide) groups is 1. The molecule has 0 bridgehead atoms. The molecule has 2 aromatic carbocycles. The molecule has 0 aromatic heterocycles. The molecule has 0 unspecified atom stereocenters. The summed E-state index contributed by atoms with van der Waals surface area (Å²) in [7, 11) is 0. The minimum Gasteiger partial charge on any atom is -0.326 e. The molecular weight excluding hydrogens is 360 g/mol. The van der Waals surface area contributed by atoms with Crippen LogP contribution in [0, 0.1) is 12.8 Å². The van der Waals surface area contributed by atoms with Gasteiger partial charge in [-0.15, -0.1) is 11.8 Å². The van der Waals surface area contributed by atoms with Gasteiger partial charge in [0.05, 0.1) is 10.9 Å². The number of aryl methyl sites for hydroxylation is 1. The lowest BCUT2D eigenvalue weighted by molar-refractivity contribution is -0.121. The van der Waals surface area contributed by atoms with Gasteiger partial charge in [0.15, 0.2) is 0 Å². The molecule has 2 fully saturated rings. The van der Waals surface area contributed by atoms with E-state index in [9.17, 15) is 14.4 Å². The predicted molar refractivity (Wildman–Crippen MR) is 106 cm³/mol. The summed E-state index contributed by atoms with van der Waals surface area (Å²) in [4.78, 5) is 39.1. The van der Waals surface area contributed by atoms with Crippen molar-refractivity contribution in [3.63, 3.8) is 0 Å². The molecule has 3 amide bonds. The van der Waals surface area contributed by atoms with Crippen molar-refractivity contribution in [1.29, 1.82) is 0 Å². The fourth-order valence-electron chi connectivity index (χ4n) is 3.03. The molecule has 5 nitrogen and oxygen atoms in total. The van der Waals surface area contributed by atoms with E-state index in [1.807, 2.05) is 43.3 Å². The van der Waals surface area contributed by atoms with Gasteiger partial charge in [-0.3, -0.25) is 14.4 Å². The minimum atomic E-state index is -0.425. The largest absolute Gasteiger partial charge is 0.326 e. The molecular formula is C21H20N2O3S. The topological polar surface area (TPSA) is 66.5 Å². The zero-order chi connectivity index (χ0) is 19.0. The number of hydrogen-bond donors (Lipinski definition) is 1. The summed E-state index contributed by atoms with van der Waals surface area (Å²) in [6.45, 7) is 1.97. The van der Waals surface area contributed by atoms with Gasteiger partial charge in [-0.05, 0) is 56.2 Å². The molecule has 0 radical (unpaired) electrons. The standard InChI is InChI=1S/C21H20N2O3S/c1-13-2-8-16(9-3-13)23-19(24)12-18(21(23)26)27-17-10-6-15(7-11-17)22-20(25)14-4-5-14/h2-3,6-11,14,18H,4-5,12H2,1H3,(H,22,25)/t18-/m0/s1. The molecule has 1 atom stereocenters. The van der Waals surface area contributed by atoms with Crippen LogP contribution in [0.4, 0.5) is 11.4 Å². The second kappa shape index (κ2) is 7.19. The highest BCUT2D eigenvalue weighted by molar-refractivity contribution is 8.00. The Kier molecular flexibility index (Phi) is 4.74. The van der Waals surface area contributed by atoms with Crippen molar-refractivity contribution in [1.82, 2.24) is 0 Å². The summed E-state index contributed by atoms with van der Waals surface area (Å²) in [6, 6.07) is 14.8. The minimum absolute atomic E-state index is 0.0701. The maximum absolute atomic E-state index is 12.7. The van der Waals surface area contributed by atoms with E-state index in [-0.39, 0.29) is 30.1 Å². The zero-order valence-corrected chi connectivity index (χ0v) is 15.8. The van der Waals surface area contributed by atoms with Crippen molar-refractivity contribution < 1.29 is 14.4 Å². The summed E-state index contributed by atoms with van der Waals surface area (Å²) >= 11 is 1.39. The second-order valence-corrected chi connectivity index (χ2v) is 8.28. The van der Waals surface area contributed by atoms with Gasteiger partial charge >= 0.3 is 0 Å². The molecule has 6 heteroatoms. The van der Waals surface area contributed by atoms with Crippen LogP contribution >= 0.6 is 11.8 Å². The van der Waals surface area contributed by atoms with Crippen molar-refractivity contribution >= 4 is 40.9 Å². The molecule has 1 aliphatic carbocycles. The molecule has 27 heavy (non-hydrogen) atoms. The van der Waals surface area contributed by atoms with Crippen LogP contribution in [0.3, 0.4) is 0 Å². The van der Waals surface area contributed by atoms with Crippen molar-refractivity contribution in [2.24, 2.45) is 5.92 Å². The Hall–Kier alpha value is -2.60. The van der Waals surface area contributed by atoms with Crippen LogP contribution in [0.2, 0.25) is 0 Å². The van der Waals surface area contributed by atoms with Gasteiger partial charge in [-0.2, -0.15) is 0 Å². The van der Waals surface area contributed by atoms with Gasteiger partial charge < -0.3 is 5.32 Å².